The lowest BCUT2D eigenvalue weighted by Crippen LogP contribution is -2.28. The maximum atomic E-state index is 12.5. The Bertz CT molecular complexity index is 1260. The Kier molecular flexibility index (Phi) is 7.77. The topological polar surface area (TPSA) is 118 Å². The molecule has 0 saturated heterocycles. The lowest BCUT2D eigenvalue weighted by molar-refractivity contribution is -0.120. The van der Waals surface area contributed by atoms with Crippen LogP contribution in [0, 0.1) is 0 Å². The second kappa shape index (κ2) is 10.4. The Morgan fingerprint density at radius 3 is 2.70 bits per heavy atom. The number of ether oxygens (including phenoxy) is 1. The number of nitrogens with one attached hydrogen (secondary N) is 2. The number of hydrogen-bond acceptors (Lipinski definition) is 7. The molecule has 0 radical (unpaired) electrons. The zero-order valence-corrected chi connectivity index (χ0v) is 20.5. The second-order valence-electron chi connectivity index (χ2n) is 7.83. The number of anilines is 1. The first-order valence-corrected chi connectivity index (χ1v) is 12.4. The average molecular weight is 495 g/mol. The van der Waals surface area contributed by atoms with E-state index >= 15 is 0 Å². The van der Waals surface area contributed by atoms with Gasteiger partial charge in [-0.2, -0.15) is 5.10 Å². The molecule has 3 aromatic rings. The number of methoxy groups -OCH3 is 1. The molecule has 2 heterocycles. The van der Waals surface area contributed by atoms with Gasteiger partial charge in [-0.1, -0.05) is 11.6 Å². The lowest BCUT2D eigenvalue weighted by Gasteiger charge is -2.12. The van der Waals surface area contributed by atoms with Crippen molar-refractivity contribution in [1.29, 1.82) is 0 Å². The van der Waals surface area contributed by atoms with E-state index in [-0.39, 0.29) is 17.5 Å². The van der Waals surface area contributed by atoms with Crippen LogP contribution in [-0.4, -0.2) is 74.5 Å². The number of carbonyl (C=O) groups excluding carboxylic acids is 1. The maximum absolute atomic E-state index is 12.5. The molecule has 0 fully saturated rings. The Hall–Kier alpha value is -2.89. The number of carbonyl (C=O) groups is 1. The van der Waals surface area contributed by atoms with Gasteiger partial charge in [0.25, 0.3) is 0 Å². The smallest absolute Gasteiger partial charge is 0.229 e. The van der Waals surface area contributed by atoms with Crippen molar-refractivity contribution < 1.29 is 17.9 Å². The van der Waals surface area contributed by atoms with Crippen LogP contribution in [0.1, 0.15) is 12.1 Å². The highest BCUT2D eigenvalue weighted by molar-refractivity contribution is 7.92. The van der Waals surface area contributed by atoms with Crippen LogP contribution in [0.2, 0.25) is 5.15 Å². The molecule has 3 rings (SSSR count). The van der Waals surface area contributed by atoms with Gasteiger partial charge in [0, 0.05) is 30.3 Å². The van der Waals surface area contributed by atoms with Gasteiger partial charge in [-0.25, -0.2) is 18.1 Å². The summed E-state index contributed by atoms with van der Waals surface area (Å²) in [6.45, 7) is 1.45. The molecule has 178 valence electrons. The third-order valence-electron chi connectivity index (χ3n) is 4.75. The van der Waals surface area contributed by atoms with Crippen molar-refractivity contribution in [3.63, 3.8) is 0 Å². The fraction of sp³-hybridized carbons (Fsp3) is 0.381. The van der Waals surface area contributed by atoms with E-state index in [1.165, 1.54) is 7.11 Å². The van der Waals surface area contributed by atoms with Crippen LogP contribution in [-0.2, 0) is 21.2 Å². The molecule has 0 aliphatic heterocycles. The molecule has 0 aliphatic carbocycles. The van der Waals surface area contributed by atoms with Crippen molar-refractivity contribution >= 4 is 44.1 Å². The van der Waals surface area contributed by atoms with Crippen molar-refractivity contribution in [2.75, 3.05) is 45.3 Å². The summed E-state index contributed by atoms with van der Waals surface area (Å²) < 4.78 is 32.7. The van der Waals surface area contributed by atoms with Gasteiger partial charge < -0.3 is 15.0 Å². The van der Waals surface area contributed by atoms with Gasteiger partial charge in [-0.15, -0.1) is 0 Å². The predicted octanol–water partition coefficient (Wildman–Crippen LogP) is 2.06. The van der Waals surface area contributed by atoms with Crippen molar-refractivity contribution in [3.8, 4) is 11.4 Å². The van der Waals surface area contributed by atoms with Gasteiger partial charge in [0.05, 0.1) is 36.7 Å². The molecule has 0 aliphatic rings. The lowest BCUT2D eigenvalue weighted by atomic mass is 10.2. The zero-order valence-electron chi connectivity index (χ0n) is 18.9. The van der Waals surface area contributed by atoms with Crippen molar-refractivity contribution in [2.45, 2.75) is 12.8 Å². The Balaban J connectivity index is 1.94. The quantitative estimate of drug-likeness (QED) is 0.327. The predicted molar refractivity (Wildman–Crippen MR) is 129 cm³/mol. The van der Waals surface area contributed by atoms with E-state index < -0.39 is 10.0 Å². The summed E-state index contributed by atoms with van der Waals surface area (Å²) in [5, 5.41) is 8.51. The fourth-order valence-corrected chi connectivity index (χ4v) is 4.04. The first-order valence-electron chi connectivity index (χ1n) is 10.2. The number of hydrogen-bond donors (Lipinski definition) is 2. The van der Waals surface area contributed by atoms with Gasteiger partial charge in [0.1, 0.15) is 16.6 Å². The molecule has 0 spiro atoms. The molecule has 1 aromatic carbocycles. The third kappa shape index (κ3) is 6.56. The van der Waals surface area contributed by atoms with Gasteiger partial charge in [-0.05, 0) is 39.2 Å². The largest absolute Gasteiger partial charge is 0.494 e. The minimum Gasteiger partial charge on any atom is -0.494 e. The third-order valence-corrected chi connectivity index (χ3v) is 5.57. The van der Waals surface area contributed by atoms with Crippen molar-refractivity contribution in [1.82, 2.24) is 25.0 Å². The van der Waals surface area contributed by atoms with Crippen LogP contribution >= 0.6 is 11.6 Å². The molecular weight excluding hydrogens is 468 g/mol. The van der Waals surface area contributed by atoms with Crippen LogP contribution in [0.15, 0.2) is 30.5 Å². The Morgan fingerprint density at radius 1 is 1.27 bits per heavy atom. The molecule has 2 aromatic heterocycles. The molecule has 33 heavy (non-hydrogen) atoms. The SMILES string of the molecule is COc1cc(NS(C)(=O)=O)ccc1-n1nc(CC(=O)NCCCN(C)C)c2cnc(Cl)cc21. The van der Waals surface area contributed by atoms with E-state index in [1.807, 2.05) is 14.1 Å². The van der Waals surface area contributed by atoms with Crippen LogP contribution in [0.25, 0.3) is 16.6 Å². The summed E-state index contributed by atoms with van der Waals surface area (Å²) in [6.07, 6.45) is 3.57. The number of fused-ring (bicyclic) bond motifs is 1. The van der Waals surface area contributed by atoms with Gasteiger partial charge in [-0.3, -0.25) is 9.52 Å². The number of benzene rings is 1. The number of nitrogens with zero attached hydrogens (tertiary/aromatic N) is 4. The van der Waals surface area contributed by atoms with Crippen molar-refractivity contribution in [2.24, 2.45) is 0 Å². The van der Waals surface area contributed by atoms with E-state index in [0.717, 1.165) is 19.2 Å². The summed E-state index contributed by atoms with van der Waals surface area (Å²) in [6, 6.07) is 6.50. The van der Waals surface area contributed by atoms with Gasteiger partial charge in [0.2, 0.25) is 15.9 Å². The zero-order chi connectivity index (χ0) is 24.2. The summed E-state index contributed by atoms with van der Waals surface area (Å²) in [5.74, 6) is 0.246. The van der Waals surface area contributed by atoms with E-state index in [9.17, 15) is 13.2 Å². The first kappa shape index (κ1) is 24.7. The Morgan fingerprint density at radius 2 is 2.03 bits per heavy atom. The van der Waals surface area contributed by atoms with E-state index in [2.05, 4.69) is 25.0 Å². The average Bonchev–Trinajstić information content (AvgIpc) is 3.07. The van der Waals surface area contributed by atoms with Gasteiger partial charge in [0.15, 0.2) is 0 Å². The maximum Gasteiger partial charge on any atom is 0.229 e. The first-order chi connectivity index (χ1) is 15.6. The summed E-state index contributed by atoms with van der Waals surface area (Å²) in [4.78, 5) is 18.7. The molecule has 2 N–H and O–H groups in total. The monoisotopic (exact) mass is 494 g/mol. The molecule has 0 atom stereocenters. The number of aromatic nitrogens is 3. The number of rotatable bonds is 10. The van der Waals surface area contributed by atoms with E-state index in [4.69, 9.17) is 16.3 Å². The molecule has 0 unspecified atom stereocenters. The summed E-state index contributed by atoms with van der Waals surface area (Å²) in [7, 11) is 2.00. The number of sulfonamides is 1. The van der Waals surface area contributed by atoms with Crippen LogP contribution in [0.5, 0.6) is 5.75 Å². The van der Waals surface area contributed by atoms with Crippen molar-refractivity contribution in [3.05, 3.63) is 41.3 Å². The second-order valence-corrected chi connectivity index (χ2v) is 9.96. The highest BCUT2D eigenvalue weighted by atomic mass is 35.5. The molecule has 1 amide bonds. The van der Waals surface area contributed by atoms with E-state index in [0.29, 0.717) is 40.3 Å². The number of pyridine rings is 1. The normalized spacial score (nSPS) is 11.7. The number of amides is 1. The van der Waals surface area contributed by atoms with Crippen LogP contribution in [0.3, 0.4) is 0 Å². The highest BCUT2D eigenvalue weighted by Crippen LogP contribution is 2.31. The molecular formula is C21H27ClN6O4S. The molecule has 0 bridgehead atoms. The summed E-state index contributed by atoms with van der Waals surface area (Å²) in [5.41, 5.74) is 2.10. The van der Waals surface area contributed by atoms with Crippen LogP contribution < -0.4 is 14.8 Å². The van der Waals surface area contributed by atoms with Crippen LogP contribution in [0.4, 0.5) is 5.69 Å². The minimum atomic E-state index is -3.44. The van der Waals surface area contributed by atoms with E-state index in [1.54, 1.807) is 35.1 Å². The Labute approximate surface area is 197 Å². The molecule has 0 saturated carbocycles. The molecule has 12 heteroatoms. The minimum absolute atomic E-state index is 0.0742. The number of halogens is 1. The molecule has 10 nitrogen and oxygen atoms in total. The fourth-order valence-electron chi connectivity index (χ4n) is 3.33. The van der Waals surface area contributed by atoms with Gasteiger partial charge >= 0.3 is 0 Å². The standard InChI is InChI=1S/C21H27ClN6O4S/c1-27(2)9-5-8-23-21(29)11-16-15-13-24-20(22)12-18(15)28(25-16)17-7-6-14(10-19(17)32-3)26-33(4,30)31/h6-7,10,12-13,26H,5,8-9,11H2,1-4H3,(H,23,29). The highest BCUT2D eigenvalue weighted by Gasteiger charge is 2.18. The summed E-state index contributed by atoms with van der Waals surface area (Å²) >= 11 is 6.13.